The molecule has 92 valence electrons. The van der Waals surface area contributed by atoms with Crippen LogP contribution in [-0.2, 0) is 9.53 Å². The maximum Gasteiger partial charge on any atom is 0.328 e. The van der Waals surface area contributed by atoms with Crippen LogP contribution in [0.15, 0.2) is 0 Å². The Hall–Kier alpha value is 0.0900. The number of carbonyl (C=O) groups is 1. The van der Waals surface area contributed by atoms with Crippen LogP contribution in [0.3, 0.4) is 0 Å². The quantitative estimate of drug-likeness (QED) is 0.341. The molecule has 0 aromatic heterocycles. The van der Waals surface area contributed by atoms with Gasteiger partial charge in [0.1, 0.15) is 4.58 Å². The van der Waals surface area contributed by atoms with Crippen LogP contribution in [0.5, 0.6) is 0 Å². The molecule has 15 heavy (non-hydrogen) atoms. The van der Waals surface area contributed by atoms with Gasteiger partial charge in [0.15, 0.2) is 0 Å². The van der Waals surface area contributed by atoms with Crippen molar-refractivity contribution in [1.82, 2.24) is 0 Å². The number of aliphatic hydroxyl groups is 2. The fraction of sp³-hybridized carbons (Fsp3) is 0.889. The Labute approximate surface area is 102 Å². The highest BCUT2D eigenvalue weighted by Crippen LogP contribution is 2.14. The van der Waals surface area contributed by atoms with Crippen molar-refractivity contribution in [3.8, 4) is 0 Å². The molecule has 0 rings (SSSR count). The highest BCUT2D eigenvalue weighted by atomic mass is 32.2. The molecule has 0 atom stereocenters. The Balaban J connectivity index is 0. The van der Waals surface area contributed by atoms with Crippen LogP contribution in [0, 0.1) is 5.41 Å². The van der Waals surface area contributed by atoms with E-state index in [-0.39, 0.29) is 24.6 Å². The van der Waals surface area contributed by atoms with E-state index in [1.54, 1.807) is 0 Å². The Morgan fingerprint density at radius 2 is 1.67 bits per heavy atom. The van der Waals surface area contributed by atoms with Gasteiger partial charge in [-0.1, -0.05) is 20.8 Å². The second-order valence-corrected chi connectivity index (χ2v) is 5.43. The molecule has 0 aromatic carbocycles. The van der Waals surface area contributed by atoms with Crippen LogP contribution in [-0.4, -0.2) is 40.6 Å². The number of carbonyl (C=O) groups excluding carboxylic acids is 1. The molecule has 0 heterocycles. The highest BCUT2D eigenvalue weighted by Gasteiger charge is 2.16. The Kier molecular flexibility index (Phi) is 10.9. The first-order chi connectivity index (χ1) is 6.74. The first kappa shape index (κ1) is 17.5. The molecule has 0 aliphatic carbocycles. The lowest BCUT2D eigenvalue weighted by molar-refractivity contribution is -0.143. The van der Waals surface area contributed by atoms with Gasteiger partial charge in [-0.15, -0.1) is 0 Å². The summed E-state index contributed by atoms with van der Waals surface area (Å²) >= 11 is 7.62. The largest absolute Gasteiger partial charge is 0.464 e. The summed E-state index contributed by atoms with van der Waals surface area (Å²) in [4.78, 5) is 10.8. The average Bonchev–Trinajstić information content (AvgIpc) is 2.13. The van der Waals surface area contributed by atoms with Crippen LogP contribution in [0.1, 0.15) is 20.8 Å². The molecular weight excluding hydrogens is 236 g/mol. The second kappa shape index (κ2) is 9.33. The summed E-state index contributed by atoms with van der Waals surface area (Å²) < 4.78 is 4.25. The monoisotopic (exact) mass is 256 g/mol. The van der Waals surface area contributed by atoms with Crippen molar-refractivity contribution in [2.45, 2.75) is 25.4 Å². The zero-order valence-corrected chi connectivity index (χ0v) is 11.1. The Bertz CT molecular complexity index is 164. The lowest BCUT2D eigenvalue weighted by Gasteiger charge is -2.18. The van der Waals surface area contributed by atoms with E-state index in [2.05, 4.69) is 25.3 Å². The number of hydrogen-bond donors (Lipinski definition) is 4. The molecule has 0 fully saturated rings. The number of ether oxygens (including phenoxy) is 1. The minimum atomic E-state index is -0.627. The standard InChI is InChI=1S/C7H14O2S2.C2H6O2/c1-7(2,3)4-9-5(8)6(10)11;3-1-2-4/h6,10-11H,4H2,1-3H3;3-4H,1-2H2. The van der Waals surface area contributed by atoms with E-state index < -0.39 is 4.58 Å². The number of thiol groups is 2. The van der Waals surface area contributed by atoms with Crippen molar-refractivity contribution in [2.75, 3.05) is 19.8 Å². The topological polar surface area (TPSA) is 66.8 Å². The van der Waals surface area contributed by atoms with Gasteiger partial charge in [0.2, 0.25) is 0 Å². The highest BCUT2D eigenvalue weighted by molar-refractivity contribution is 8.00. The normalized spacial score (nSPS) is 10.7. The predicted molar refractivity (Wildman–Crippen MR) is 66.3 cm³/mol. The Morgan fingerprint density at radius 1 is 1.27 bits per heavy atom. The smallest absolute Gasteiger partial charge is 0.328 e. The average molecular weight is 256 g/mol. The van der Waals surface area contributed by atoms with Crippen molar-refractivity contribution in [3.63, 3.8) is 0 Å². The summed E-state index contributed by atoms with van der Waals surface area (Å²) in [7, 11) is 0. The summed E-state index contributed by atoms with van der Waals surface area (Å²) in [5.41, 5.74) is 0.00606. The lowest BCUT2D eigenvalue weighted by Crippen LogP contribution is -2.21. The summed E-state index contributed by atoms with van der Waals surface area (Å²) in [5, 5.41) is 15.2. The van der Waals surface area contributed by atoms with Gasteiger partial charge in [-0.2, -0.15) is 25.3 Å². The van der Waals surface area contributed by atoms with Crippen LogP contribution >= 0.6 is 25.3 Å². The van der Waals surface area contributed by atoms with Crippen molar-refractivity contribution in [3.05, 3.63) is 0 Å². The maximum absolute atomic E-state index is 10.8. The number of hydrogen-bond acceptors (Lipinski definition) is 6. The SMILES string of the molecule is CC(C)(C)COC(=O)C(S)S.OCCO. The molecule has 0 spiro atoms. The summed E-state index contributed by atoms with van der Waals surface area (Å²) in [6, 6.07) is 0. The van der Waals surface area contributed by atoms with E-state index >= 15 is 0 Å². The molecule has 0 aromatic rings. The first-order valence-electron chi connectivity index (χ1n) is 4.49. The number of rotatable bonds is 3. The molecule has 0 amide bonds. The molecule has 0 saturated carbocycles. The van der Waals surface area contributed by atoms with Crippen molar-refractivity contribution < 1.29 is 19.7 Å². The molecule has 0 saturated heterocycles. The zero-order chi connectivity index (χ0) is 12.5. The lowest BCUT2D eigenvalue weighted by atomic mass is 9.99. The second-order valence-electron chi connectivity index (χ2n) is 3.99. The molecule has 4 nitrogen and oxygen atoms in total. The van der Waals surface area contributed by atoms with Gasteiger partial charge < -0.3 is 14.9 Å². The van der Waals surface area contributed by atoms with Gasteiger partial charge in [-0.25, -0.2) is 4.79 Å². The first-order valence-corrected chi connectivity index (χ1v) is 5.52. The fourth-order valence-electron chi connectivity index (χ4n) is 0.362. The summed E-state index contributed by atoms with van der Waals surface area (Å²) in [5.74, 6) is -0.383. The van der Waals surface area contributed by atoms with Gasteiger partial charge in [0.25, 0.3) is 0 Å². The summed E-state index contributed by atoms with van der Waals surface area (Å²) in [6.07, 6.45) is 0. The molecule has 0 radical (unpaired) electrons. The Morgan fingerprint density at radius 3 is 1.87 bits per heavy atom. The van der Waals surface area contributed by atoms with Crippen LogP contribution in [0.4, 0.5) is 0 Å². The molecule has 6 heteroatoms. The van der Waals surface area contributed by atoms with Crippen molar-refractivity contribution in [2.24, 2.45) is 5.41 Å². The van der Waals surface area contributed by atoms with E-state index in [1.165, 1.54) is 0 Å². The van der Waals surface area contributed by atoms with E-state index in [0.717, 1.165) is 0 Å². The predicted octanol–water partition coefficient (Wildman–Crippen LogP) is 0.732. The summed E-state index contributed by atoms with van der Waals surface area (Å²) in [6.45, 7) is 6.13. The number of esters is 1. The van der Waals surface area contributed by atoms with E-state index in [4.69, 9.17) is 14.9 Å². The van der Waals surface area contributed by atoms with Gasteiger partial charge in [0.05, 0.1) is 19.8 Å². The van der Waals surface area contributed by atoms with E-state index in [1.807, 2.05) is 20.8 Å². The van der Waals surface area contributed by atoms with E-state index in [9.17, 15) is 4.79 Å². The minimum absolute atomic E-state index is 0.00606. The van der Waals surface area contributed by atoms with Crippen molar-refractivity contribution in [1.29, 1.82) is 0 Å². The number of aliphatic hydroxyl groups excluding tert-OH is 2. The van der Waals surface area contributed by atoms with Crippen LogP contribution in [0.25, 0.3) is 0 Å². The third-order valence-corrected chi connectivity index (χ3v) is 1.38. The van der Waals surface area contributed by atoms with E-state index in [0.29, 0.717) is 6.61 Å². The van der Waals surface area contributed by atoms with Gasteiger partial charge >= 0.3 is 5.97 Å². The van der Waals surface area contributed by atoms with Crippen LogP contribution in [0.2, 0.25) is 0 Å². The van der Waals surface area contributed by atoms with Gasteiger partial charge in [-0.3, -0.25) is 0 Å². The molecule has 0 aliphatic heterocycles. The molecule has 0 bridgehead atoms. The molecule has 0 aliphatic rings. The maximum atomic E-state index is 10.8. The third-order valence-electron chi connectivity index (χ3n) is 0.958. The zero-order valence-electron chi connectivity index (χ0n) is 9.30. The third kappa shape index (κ3) is 16.7. The molecule has 0 unspecified atom stereocenters. The molecule has 2 N–H and O–H groups in total. The van der Waals surface area contributed by atoms with Crippen LogP contribution < -0.4 is 0 Å². The fourth-order valence-corrected chi connectivity index (χ4v) is 0.511. The molecular formula is C9H20O4S2. The van der Waals surface area contributed by atoms with Gasteiger partial charge in [-0.05, 0) is 5.41 Å². The van der Waals surface area contributed by atoms with Gasteiger partial charge in [0, 0.05) is 0 Å². The van der Waals surface area contributed by atoms with Crippen molar-refractivity contribution >= 4 is 31.2 Å². The minimum Gasteiger partial charge on any atom is -0.464 e.